The van der Waals surface area contributed by atoms with Crippen LogP contribution in [-0.4, -0.2) is 37.5 Å². The van der Waals surface area contributed by atoms with Crippen LogP contribution in [0.3, 0.4) is 0 Å². The maximum Gasteiger partial charge on any atom is 0.0939 e. The fourth-order valence-electron chi connectivity index (χ4n) is 1.12. The summed E-state index contributed by atoms with van der Waals surface area (Å²) in [5, 5.41) is 9.54. The van der Waals surface area contributed by atoms with E-state index in [0.717, 1.165) is 31.3 Å². The predicted molar refractivity (Wildman–Crippen MR) is 49.6 cm³/mol. The molecule has 4 heteroatoms. The summed E-state index contributed by atoms with van der Waals surface area (Å²) >= 11 is 1.61. The van der Waals surface area contributed by atoms with Gasteiger partial charge < -0.3 is 9.64 Å². The Morgan fingerprint density at radius 2 is 2.25 bits per heavy atom. The molecule has 66 valence electrons. The lowest BCUT2D eigenvalue weighted by Crippen LogP contribution is -2.34. The fraction of sp³-hybridized carbons (Fsp3) is 0.625. The highest BCUT2D eigenvalue weighted by Crippen LogP contribution is 2.17. The monoisotopic (exact) mass is 184 g/mol. The van der Waals surface area contributed by atoms with Gasteiger partial charge in [-0.1, -0.05) is 0 Å². The van der Waals surface area contributed by atoms with E-state index in [-0.39, 0.29) is 0 Å². The van der Waals surface area contributed by atoms with Crippen LogP contribution in [-0.2, 0) is 4.74 Å². The van der Waals surface area contributed by atoms with E-state index in [1.54, 1.807) is 17.8 Å². The number of allylic oxidation sites excluding steroid dienone is 1. The van der Waals surface area contributed by atoms with Gasteiger partial charge in [0.05, 0.1) is 24.3 Å². The Morgan fingerprint density at radius 1 is 1.58 bits per heavy atom. The second-order valence-corrected chi connectivity index (χ2v) is 3.24. The molecule has 0 aromatic carbocycles. The van der Waals surface area contributed by atoms with Gasteiger partial charge in [-0.25, -0.2) is 0 Å². The van der Waals surface area contributed by atoms with Crippen molar-refractivity contribution < 1.29 is 4.74 Å². The van der Waals surface area contributed by atoms with Gasteiger partial charge in [-0.15, -0.1) is 11.8 Å². The highest BCUT2D eigenvalue weighted by molar-refractivity contribution is 8.02. The average molecular weight is 184 g/mol. The molecule has 12 heavy (non-hydrogen) atoms. The Hall–Kier alpha value is -0.660. The van der Waals surface area contributed by atoms with Crippen molar-refractivity contribution in [3.05, 3.63) is 11.1 Å². The van der Waals surface area contributed by atoms with E-state index < -0.39 is 0 Å². The quantitative estimate of drug-likeness (QED) is 0.601. The molecule has 1 aliphatic rings. The summed E-state index contributed by atoms with van der Waals surface area (Å²) in [7, 11) is 0. The molecule has 0 saturated carbocycles. The second kappa shape index (κ2) is 5.07. The molecule has 3 nitrogen and oxygen atoms in total. The van der Waals surface area contributed by atoms with Crippen LogP contribution < -0.4 is 0 Å². The molecule has 0 bridgehead atoms. The molecule has 0 aromatic heterocycles. The summed E-state index contributed by atoms with van der Waals surface area (Å²) in [5.41, 5.74) is 0. The summed E-state index contributed by atoms with van der Waals surface area (Å²) in [6, 6.07) is 2.05. The van der Waals surface area contributed by atoms with E-state index in [9.17, 15) is 0 Å². The number of nitrogens with zero attached hydrogens (tertiary/aromatic N) is 2. The van der Waals surface area contributed by atoms with Crippen molar-refractivity contribution in [1.29, 1.82) is 5.26 Å². The zero-order chi connectivity index (χ0) is 8.81. The Morgan fingerprint density at radius 3 is 2.75 bits per heavy atom. The summed E-state index contributed by atoms with van der Waals surface area (Å²) in [6.45, 7) is 3.33. The molecular formula is C8H12N2OS. The van der Waals surface area contributed by atoms with Crippen molar-refractivity contribution in [2.75, 3.05) is 32.6 Å². The van der Waals surface area contributed by atoms with Crippen LogP contribution in [0.5, 0.6) is 0 Å². The number of ether oxygens (including phenoxy) is 1. The maximum atomic E-state index is 8.50. The standard InChI is InChI=1S/C8H12N2OS/c1-12-8(2-3-9)10-4-6-11-7-5-10/h2H,4-7H2,1H3. The van der Waals surface area contributed by atoms with E-state index in [0.29, 0.717) is 0 Å². The van der Waals surface area contributed by atoms with Crippen molar-refractivity contribution >= 4 is 11.8 Å². The largest absolute Gasteiger partial charge is 0.378 e. The molecule has 1 aliphatic heterocycles. The molecule has 1 saturated heterocycles. The molecule has 0 N–H and O–H groups in total. The SMILES string of the molecule is CSC(=CC#N)N1CCOCC1. The lowest BCUT2D eigenvalue weighted by atomic mass is 10.4. The number of rotatable bonds is 2. The van der Waals surface area contributed by atoms with Gasteiger partial charge in [-0.05, 0) is 6.26 Å². The molecular weight excluding hydrogens is 172 g/mol. The van der Waals surface area contributed by atoms with Gasteiger partial charge in [0.25, 0.3) is 0 Å². The van der Waals surface area contributed by atoms with Crippen molar-refractivity contribution in [3.8, 4) is 6.07 Å². The van der Waals surface area contributed by atoms with Gasteiger partial charge in [0.2, 0.25) is 0 Å². The van der Waals surface area contributed by atoms with Gasteiger partial charge in [-0.3, -0.25) is 0 Å². The zero-order valence-corrected chi connectivity index (χ0v) is 7.93. The minimum Gasteiger partial charge on any atom is -0.378 e. The fourth-order valence-corrected chi connectivity index (χ4v) is 1.73. The van der Waals surface area contributed by atoms with Crippen LogP contribution in [0.4, 0.5) is 0 Å². The Balaban J connectivity index is 2.53. The lowest BCUT2D eigenvalue weighted by Gasteiger charge is -2.29. The molecule has 0 aliphatic carbocycles. The zero-order valence-electron chi connectivity index (χ0n) is 7.12. The van der Waals surface area contributed by atoms with E-state index >= 15 is 0 Å². The first-order valence-corrected chi connectivity index (χ1v) is 5.07. The molecule has 0 atom stereocenters. The Labute approximate surface area is 77.0 Å². The van der Waals surface area contributed by atoms with E-state index in [4.69, 9.17) is 10.00 Å². The third-order valence-electron chi connectivity index (χ3n) is 1.72. The Bertz CT molecular complexity index is 204. The topological polar surface area (TPSA) is 36.3 Å². The third-order valence-corrected chi connectivity index (χ3v) is 2.51. The van der Waals surface area contributed by atoms with Crippen LogP contribution in [0.25, 0.3) is 0 Å². The summed E-state index contributed by atoms with van der Waals surface area (Å²) < 4.78 is 5.21. The molecule has 0 radical (unpaired) electrons. The highest BCUT2D eigenvalue weighted by Gasteiger charge is 2.12. The number of morpholine rings is 1. The molecule has 0 spiro atoms. The minimum absolute atomic E-state index is 0.767. The van der Waals surface area contributed by atoms with E-state index in [2.05, 4.69) is 11.0 Å². The average Bonchev–Trinajstić information content (AvgIpc) is 2.15. The summed E-state index contributed by atoms with van der Waals surface area (Å²) in [4.78, 5) is 2.18. The van der Waals surface area contributed by atoms with Crippen molar-refractivity contribution in [3.63, 3.8) is 0 Å². The molecule has 0 unspecified atom stereocenters. The van der Waals surface area contributed by atoms with E-state index in [1.165, 1.54) is 0 Å². The summed E-state index contributed by atoms with van der Waals surface area (Å²) in [6.07, 6.45) is 3.58. The molecule has 0 amide bonds. The minimum atomic E-state index is 0.767. The number of hydrogen-bond donors (Lipinski definition) is 0. The second-order valence-electron chi connectivity index (χ2n) is 2.42. The summed E-state index contributed by atoms with van der Waals surface area (Å²) in [5.74, 6) is 0. The van der Waals surface area contributed by atoms with Crippen LogP contribution in [0.2, 0.25) is 0 Å². The first-order valence-electron chi connectivity index (χ1n) is 3.85. The first kappa shape index (κ1) is 9.43. The van der Waals surface area contributed by atoms with Gasteiger partial charge in [0, 0.05) is 19.2 Å². The van der Waals surface area contributed by atoms with Crippen LogP contribution in [0, 0.1) is 11.3 Å². The molecule has 1 fully saturated rings. The van der Waals surface area contributed by atoms with Gasteiger partial charge >= 0.3 is 0 Å². The highest BCUT2D eigenvalue weighted by atomic mass is 32.2. The van der Waals surface area contributed by atoms with Gasteiger partial charge in [0.15, 0.2) is 0 Å². The van der Waals surface area contributed by atoms with E-state index in [1.807, 2.05) is 6.26 Å². The number of thioether (sulfide) groups is 1. The maximum absolute atomic E-state index is 8.50. The van der Waals surface area contributed by atoms with Crippen molar-refractivity contribution in [2.45, 2.75) is 0 Å². The normalized spacial score (nSPS) is 19.0. The van der Waals surface area contributed by atoms with Crippen LogP contribution in [0.15, 0.2) is 11.1 Å². The molecule has 0 aromatic rings. The molecule has 1 heterocycles. The van der Waals surface area contributed by atoms with Crippen LogP contribution >= 0.6 is 11.8 Å². The first-order chi connectivity index (χ1) is 5.88. The van der Waals surface area contributed by atoms with Crippen LogP contribution in [0.1, 0.15) is 0 Å². The predicted octanol–water partition coefficient (Wildman–Crippen LogP) is 1.05. The smallest absolute Gasteiger partial charge is 0.0939 e. The number of hydrogen-bond acceptors (Lipinski definition) is 4. The van der Waals surface area contributed by atoms with Crippen molar-refractivity contribution in [2.24, 2.45) is 0 Å². The third kappa shape index (κ3) is 2.43. The lowest BCUT2D eigenvalue weighted by molar-refractivity contribution is 0.0577. The Kier molecular flexibility index (Phi) is 3.98. The van der Waals surface area contributed by atoms with Gasteiger partial charge in [0.1, 0.15) is 0 Å². The molecule has 1 rings (SSSR count). The van der Waals surface area contributed by atoms with Gasteiger partial charge in [-0.2, -0.15) is 5.26 Å². The number of nitriles is 1. The van der Waals surface area contributed by atoms with Crippen molar-refractivity contribution in [1.82, 2.24) is 4.90 Å².